The lowest BCUT2D eigenvalue weighted by Crippen LogP contribution is -1.87. The van der Waals surface area contributed by atoms with E-state index in [0.29, 0.717) is 28.5 Å². The number of nitrogen functional groups attached to an aromatic ring is 1. The number of fused-ring (bicyclic) bond motifs is 2. The molecule has 3 heterocycles. The molecule has 4 aromatic rings. The first kappa shape index (κ1) is 12.8. The molecule has 0 saturated carbocycles. The highest BCUT2D eigenvalue weighted by Crippen LogP contribution is 2.45. The van der Waals surface area contributed by atoms with E-state index in [1.165, 1.54) is 0 Å². The van der Waals surface area contributed by atoms with Crippen molar-refractivity contribution in [3.05, 3.63) is 29.7 Å². The summed E-state index contributed by atoms with van der Waals surface area (Å²) in [5, 5.41) is 5.43. The molecule has 0 aliphatic carbocycles. The molecule has 6 nitrogen and oxygen atoms in total. The molecule has 0 aliphatic rings. The molecule has 22 heavy (non-hydrogen) atoms. The van der Waals surface area contributed by atoms with Gasteiger partial charge < -0.3 is 23.8 Å². The topological polar surface area (TPSA) is 87.6 Å². The van der Waals surface area contributed by atoms with Crippen LogP contribution < -0.4 is 10.5 Å². The predicted octanol–water partition coefficient (Wildman–Crippen LogP) is 4.04. The van der Waals surface area contributed by atoms with Crippen LogP contribution >= 0.6 is 0 Å². The summed E-state index contributed by atoms with van der Waals surface area (Å²) >= 11 is 0. The zero-order chi connectivity index (χ0) is 15.4. The minimum Gasteiger partial charge on any atom is -0.492 e. The summed E-state index contributed by atoms with van der Waals surface area (Å²) in [6.45, 7) is 3.76. The third-order valence-corrected chi connectivity index (χ3v) is 3.64. The Morgan fingerprint density at radius 3 is 2.32 bits per heavy atom. The van der Waals surface area contributed by atoms with Gasteiger partial charge in [0.2, 0.25) is 0 Å². The first-order valence-corrected chi connectivity index (χ1v) is 6.81. The summed E-state index contributed by atoms with van der Waals surface area (Å²) in [6.07, 6.45) is 0. The smallest absolute Gasteiger partial charge is 0.177 e. The van der Waals surface area contributed by atoms with Crippen molar-refractivity contribution in [1.29, 1.82) is 0 Å². The molecule has 0 atom stereocenters. The third-order valence-electron chi connectivity index (χ3n) is 3.64. The van der Waals surface area contributed by atoms with Crippen molar-refractivity contribution in [2.24, 2.45) is 0 Å². The van der Waals surface area contributed by atoms with Gasteiger partial charge in [-0.3, -0.25) is 0 Å². The predicted molar refractivity (Wildman–Crippen MR) is 81.9 cm³/mol. The van der Waals surface area contributed by atoms with Crippen LogP contribution in [-0.4, -0.2) is 12.3 Å². The third kappa shape index (κ3) is 1.64. The largest absolute Gasteiger partial charge is 0.492 e. The van der Waals surface area contributed by atoms with Crippen LogP contribution in [-0.2, 0) is 0 Å². The van der Waals surface area contributed by atoms with E-state index in [2.05, 4.69) is 5.16 Å². The molecule has 4 rings (SSSR count). The Labute approximate surface area is 125 Å². The maximum atomic E-state index is 5.87. The summed E-state index contributed by atoms with van der Waals surface area (Å²) in [4.78, 5) is 0. The van der Waals surface area contributed by atoms with Crippen LogP contribution in [0.25, 0.3) is 33.3 Å². The Balaban J connectivity index is 2.24. The molecule has 0 radical (unpaired) electrons. The van der Waals surface area contributed by atoms with Gasteiger partial charge >= 0.3 is 0 Å². The minimum atomic E-state index is 0.315. The number of nitrogens with zero attached hydrogens (tertiary/aromatic N) is 1. The zero-order valence-electron chi connectivity index (χ0n) is 12.4. The maximum absolute atomic E-state index is 5.87. The van der Waals surface area contributed by atoms with Crippen LogP contribution in [0.15, 0.2) is 31.6 Å². The van der Waals surface area contributed by atoms with Gasteiger partial charge in [-0.25, -0.2) is 0 Å². The van der Waals surface area contributed by atoms with Gasteiger partial charge in [0.1, 0.15) is 17.1 Å². The quantitative estimate of drug-likeness (QED) is 0.601. The van der Waals surface area contributed by atoms with Gasteiger partial charge in [-0.15, -0.1) is 0 Å². The fourth-order valence-corrected chi connectivity index (χ4v) is 2.84. The van der Waals surface area contributed by atoms with Crippen molar-refractivity contribution in [2.45, 2.75) is 13.8 Å². The molecule has 0 spiro atoms. The van der Waals surface area contributed by atoms with E-state index >= 15 is 0 Å². The Morgan fingerprint density at radius 2 is 1.68 bits per heavy atom. The van der Waals surface area contributed by atoms with Gasteiger partial charge in [-0.1, -0.05) is 5.16 Å². The molecule has 6 heteroatoms. The van der Waals surface area contributed by atoms with Gasteiger partial charge in [-0.05, 0) is 26.0 Å². The van der Waals surface area contributed by atoms with Gasteiger partial charge in [0.15, 0.2) is 22.9 Å². The number of benzene rings is 1. The molecule has 112 valence electrons. The molecule has 0 fully saturated rings. The Kier molecular flexibility index (Phi) is 2.51. The van der Waals surface area contributed by atoms with Crippen molar-refractivity contribution >= 4 is 27.8 Å². The minimum absolute atomic E-state index is 0.315. The number of aromatic nitrogens is 1. The number of ether oxygens (including phenoxy) is 1. The lowest BCUT2D eigenvalue weighted by molar-refractivity contribution is 0.413. The molecule has 0 amide bonds. The molecule has 1 aromatic carbocycles. The van der Waals surface area contributed by atoms with Crippen molar-refractivity contribution in [3.8, 4) is 17.1 Å². The van der Waals surface area contributed by atoms with E-state index in [-0.39, 0.29) is 0 Å². The van der Waals surface area contributed by atoms with E-state index in [4.69, 9.17) is 23.8 Å². The van der Waals surface area contributed by atoms with Gasteiger partial charge in [0.25, 0.3) is 0 Å². The second-order valence-corrected chi connectivity index (χ2v) is 5.22. The Hall–Kier alpha value is -2.89. The second-order valence-electron chi connectivity index (χ2n) is 5.22. The van der Waals surface area contributed by atoms with Crippen LogP contribution in [0.3, 0.4) is 0 Å². The van der Waals surface area contributed by atoms with Crippen molar-refractivity contribution in [1.82, 2.24) is 5.16 Å². The zero-order valence-corrected chi connectivity index (χ0v) is 12.4. The highest BCUT2D eigenvalue weighted by molar-refractivity contribution is 6.13. The summed E-state index contributed by atoms with van der Waals surface area (Å²) in [7, 11) is 1.61. The monoisotopic (exact) mass is 298 g/mol. The SMILES string of the molecule is COc1c2cc(C)oc2c(-c2cc(N)no2)c2cc(C)oc12. The van der Waals surface area contributed by atoms with Crippen molar-refractivity contribution in [2.75, 3.05) is 12.8 Å². The van der Waals surface area contributed by atoms with E-state index in [1.807, 2.05) is 26.0 Å². The highest BCUT2D eigenvalue weighted by atomic mass is 16.5. The van der Waals surface area contributed by atoms with Crippen LogP contribution in [0.5, 0.6) is 5.75 Å². The van der Waals surface area contributed by atoms with Gasteiger partial charge in [0, 0.05) is 11.5 Å². The summed E-state index contributed by atoms with van der Waals surface area (Å²) in [5.74, 6) is 3.03. The summed E-state index contributed by atoms with van der Waals surface area (Å²) in [5.41, 5.74) is 7.77. The Bertz CT molecular complexity index is 949. The van der Waals surface area contributed by atoms with Crippen molar-refractivity contribution in [3.63, 3.8) is 0 Å². The molecular formula is C16H14N2O4. The fraction of sp³-hybridized carbons (Fsp3) is 0.188. The molecule has 0 bridgehead atoms. The number of furan rings is 2. The summed E-state index contributed by atoms with van der Waals surface area (Å²) < 4.78 is 22.6. The van der Waals surface area contributed by atoms with Crippen LogP contribution in [0.2, 0.25) is 0 Å². The fourth-order valence-electron chi connectivity index (χ4n) is 2.84. The normalized spacial score (nSPS) is 11.6. The standard InChI is InChI=1S/C16H14N2O4/c1-7-4-9-13(11-6-12(17)18-22-11)14-10(5-8(2)20-14)15(19-3)16(9)21-7/h4-6H,1-3H3,(H2,17,18). The number of anilines is 1. The van der Waals surface area contributed by atoms with Crippen LogP contribution in [0, 0.1) is 13.8 Å². The first-order valence-electron chi connectivity index (χ1n) is 6.81. The average molecular weight is 298 g/mol. The molecular weight excluding hydrogens is 284 g/mol. The molecule has 2 N–H and O–H groups in total. The molecule has 0 unspecified atom stereocenters. The second kappa shape index (κ2) is 4.30. The first-order chi connectivity index (χ1) is 10.6. The van der Waals surface area contributed by atoms with E-state index in [0.717, 1.165) is 27.9 Å². The number of aryl methyl sites for hydroxylation is 2. The number of rotatable bonds is 2. The van der Waals surface area contributed by atoms with Crippen LogP contribution in [0.4, 0.5) is 5.82 Å². The van der Waals surface area contributed by atoms with Gasteiger partial charge in [0.05, 0.1) is 18.1 Å². The lowest BCUT2D eigenvalue weighted by Gasteiger charge is -2.06. The van der Waals surface area contributed by atoms with E-state index in [9.17, 15) is 0 Å². The molecule has 0 saturated heterocycles. The Morgan fingerprint density at radius 1 is 1.00 bits per heavy atom. The van der Waals surface area contributed by atoms with Crippen molar-refractivity contribution < 1.29 is 18.1 Å². The highest BCUT2D eigenvalue weighted by Gasteiger charge is 2.24. The molecule has 3 aromatic heterocycles. The lowest BCUT2D eigenvalue weighted by atomic mass is 10.0. The average Bonchev–Trinajstić information content (AvgIpc) is 3.14. The number of methoxy groups -OCH3 is 1. The number of nitrogens with two attached hydrogens (primary N) is 1. The molecule has 0 aliphatic heterocycles. The van der Waals surface area contributed by atoms with E-state index in [1.54, 1.807) is 13.2 Å². The maximum Gasteiger partial charge on any atom is 0.177 e. The number of hydrogen-bond donors (Lipinski definition) is 1. The van der Waals surface area contributed by atoms with E-state index < -0.39 is 0 Å². The van der Waals surface area contributed by atoms with Crippen LogP contribution in [0.1, 0.15) is 11.5 Å². The summed E-state index contributed by atoms with van der Waals surface area (Å²) in [6, 6.07) is 5.50. The van der Waals surface area contributed by atoms with Gasteiger partial charge in [-0.2, -0.15) is 0 Å². The number of hydrogen-bond acceptors (Lipinski definition) is 6.